The number of carbonyl (C=O) groups excluding carboxylic acids is 1. The molecule has 1 amide bonds. The Morgan fingerprint density at radius 3 is 2.58 bits per heavy atom. The Labute approximate surface area is 147 Å². The van der Waals surface area contributed by atoms with Gasteiger partial charge in [0.2, 0.25) is 5.91 Å². The summed E-state index contributed by atoms with van der Waals surface area (Å²) in [6.07, 6.45) is 3.47. The molecule has 3 rings (SSSR count). The first kappa shape index (κ1) is 16.7. The predicted molar refractivity (Wildman–Crippen MR) is 101 cm³/mol. The zero-order chi connectivity index (χ0) is 16.6. The van der Waals surface area contributed by atoms with E-state index in [1.54, 1.807) is 17.4 Å². The number of para-hydroxylation sites is 1. The molecule has 126 valence electrons. The molecule has 0 radical (unpaired) electrons. The van der Waals surface area contributed by atoms with Crippen LogP contribution in [-0.4, -0.2) is 50.1 Å². The van der Waals surface area contributed by atoms with Crippen LogP contribution in [0.25, 0.3) is 6.08 Å². The van der Waals surface area contributed by atoms with Crippen molar-refractivity contribution < 1.29 is 4.79 Å². The molecule has 0 bridgehead atoms. The van der Waals surface area contributed by atoms with Gasteiger partial charge in [-0.25, -0.2) is 0 Å². The molecule has 24 heavy (non-hydrogen) atoms. The molecule has 0 atom stereocenters. The minimum Gasteiger partial charge on any atom is -0.369 e. The number of thiophene rings is 1. The van der Waals surface area contributed by atoms with Gasteiger partial charge in [-0.1, -0.05) is 24.3 Å². The van der Waals surface area contributed by atoms with Crippen LogP contribution in [0.3, 0.4) is 0 Å². The van der Waals surface area contributed by atoms with Crippen LogP contribution in [0.4, 0.5) is 5.69 Å². The van der Waals surface area contributed by atoms with Crippen LogP contribution in [0.5, 0.6) is 0 Å². The zero-order valence-corrected chi connectivity index (χ0v) is 14.5. The molecule has 0 spiro atoms. The summed E-state index contributed by atoms with van der Waals surface area (Å²) in [5, 5.41) is 4.97. The van der Waals surface area contributed by atoms with Gasteiger partial charge in [-0.2, -0.15) is 0 Å². The molecule has 1 aromatic carbocycles. The molecule has 4 nitrogen and oxygen atoms in total. The third-order valence-electron chi connectivity index (χ3n) is 4.16. The highest BCUT2D eigenvalue weighted by Crippen LogP contribution is 2.15. The van der Waals surface area contributed by atoms with Gasteiger partial charge in [0.25, 0.3) is 0 Å². The van der Waals surface area contributed by atoms with Crippen LogP contribution in [0.1, 0.15) is 4.88 Å². The SMILES string of the molecule is O=C(/C=C/c1cccs1)NCCN1CCN(c2ccccc2)CC1. The Morgan fingerprint density at radius 2 is 1.88 bits per heavy atom. The van der Waals surface area contributed by atoms with Gasteiger partial charge in [0.05, 0.1) is 0 Å². The molecule has 1 aromatic heterocycles. The summed E-state index contributed by atoms with van der Waals surface area (Å²) in [5.41, 5.74) is 1.30. The molecule has 2 heterocycles. The molecule has 0 aliphatic carbocycles. The lowest BCUT2D eigenvalue weighted by Crippen LogP contribution is -2.48. The van der Waals surface area contributed by atoms with Crippen molar-refractivity contribution in [2.75, 3.05) is 44.2 Å². The quantitative estimate of drug-likeness (QED) is 0.821. The summed E-state index contributed by atoms with van der Waals surface area (Å²) in [6.45, 7) is 5.75. The highest BCUT2D eigenvalue weighted by molar-refractivity contribution is 7.10. The van der Waals surface area contributed by atoms with Gasteiger partial charge in [0.1, 0.15) is 0 Å². The summed E-state index contributed by atoms with van der Waals surface area (Å²) in [6, 6.07) is 14.5. The van der Waals surface area contributed by atoms with E-state index in [1.807, 2.05) is 23.6 Å². The van der Waals surface area contributed by atoms with E-state index in [4.69, 9.17) is 0 Å². The molecule has 1 fully saturated rings. The maximum atomic E-state index is 11.8. The first-order valence-corrected chi connectivity index (χ1v) is 9.21. The lowest BCUT2D eigenvalue weighted by atomic mass is 10.2. The average Bonchev–Trinajstić information content (AvgIpc) is 3.15. The third-order valence-corrected chi connectivity index (χ3v) is 5.00. The van der Waals surface area contributed by atoms with Crippen LogP contribution in [0.2, 0.25) is 0 Å². The number of amides is 1. The molecule has 0 saturated carbocycles. The second kappa shape index (κ2) is 8.66. The minimum atomic E-state index is -0.0219. The number of hydrogen-bond acceptors (Lipinski definition) is 4. The van der Waals surface area contributed by atoms with E-state index in [1.165, 1.54) is 5.69 Å². The van der Waals surface area contributed by atoms with Crippen LogP contribution in [-0.2, 0) is 4.79 Å². The van der Waals surface area contributed by atoms with Gasteiger partial charge < -0.3 is 10.2 Å². The standard InChI is InChI=1S/C19H23N3OS/c23-19(9-8-18-7-4-16-24-18)20-10-11-21-12-14-22(15-13-21)17-5-2-1-3-6-17/h1-9,16H,10-15H2,(H,20,23)/b9-8+. The number of benzene rings is 1. The van der Waals surface area contributed by atoms with E-state index in [2.05, 4.69) is 45.4 Å². The number of anilines is 1. The van der Waals surface area contributed by atoms with Crippen molar-refractivity contribution in [1.82, 2.24) is 10.2 Å². The van der Waals surface area contributed by atoms with Gasteiger partial charge >= 0.3 is 0 Å². The Bertz CT molecular complexity index is 647. The summed E-state index contributed by atoms with van der Waals surface area (Å²) in [4.78, 5) is 17.7. The van der Waals surface area contributed by atoms with Gasteiger partial charge in [0, 0.05) is 55.9 Å². The van der Waals surface area contributed by atoms with Crippen LogP contribution < -0.4 is 10.2 Å². The number of hydrogen-bond donors (Lipinski definition) is 1. The highest BCUT2D eigenvalue weighted by atomic mass is 32.1. The fourth-order valence-corrected chi connectivity index (χ4v) is 3.43. The van der Waals surface area contributed by atoms with E-state index < -0.39 is 0 Å². The van der Waals surface area contributed by atoms with Crippen molar-refractivity contribution >= 4 is 29.0 Å². The van der Waals surface area contributed by atoms with Gasteiger partial charge in [-0.05, 0) is 29.7 Å². The smallest absolute Gasteiger partial charge is 0.244 e. The molecular formula is C19H23N3OS. The maximum absolute atomic E-state index is 11.8. The average molecular weight is 341 g/mol. The Hall–Kier alpha value is -2.11. The zero-order valence-electron chi connectivity index (χ0n) is 13.7. The summed E-state index contributed by atoms with van der Waals surface area (Å²) < 4.78 is 0. The largest absolute Gasteiger partial charge is 0.369 e. The van der Waals surface area contributed by atoms with Crippen molar-refractivity contribution in [2.24, 2.45) is 0 Å². The van der Waals surface area contributed by atoms with Crippen molar-refractivity contribution in [1.29, 1.82) is 0 Å². The monoisotopic (exact) mass is 341 g/mol. The number of piperazine rings is 1. The normalized spacial score (nSPS) is 15.8. The van der Waals surface area contributed by atoms with Crippen molar-refractivity contribution in [3.63, 3.8) is 0 Å². The van der Waals surface area contributed by atoms with E-state index in [0.717, 1.165) is 37.6 Å². The Balaban J connectivity index is 1.34. The molecule has 5 heteroatoms. The Morgan fingerprint density at radius 1 is 1.08 bits per heavy atom. The number of nitrogens with one attached hydrogen (secondary N) is 1. The summed E-state index contributed by atoms with van der Waals surface area (Å²) >= 11 is 1.63. The second-order valence-corrected chi connectivity index (χ2v) is 6.78. The number of nitrogens with zero attached hydrogens (tertiary/aromatic N) is 2. The van der Waals surface area contributed by atoms with E-state index in [9.17, 15) is 4.79 Å². The van der Waals surface area contributed by atoms with Gasteiger partial charge in [-0.15, -0.1) is 11.3 Å². The Kier molecular flexibility index (Phi) is 6.04. The number of rotatable bonds is 6. The van der Waals surface area contributed by atoms with Crippen molar-refractivity contribution in [3.05, 3.63) is 58.8 Å². The van der Waals surface area contributed by atoms with E-state index in [0.29, 0.717) is 6.54 Å². The van der Waals surface area contributed by atoms with Crippen LogP contribution in [0.15, 0.2) is 53.9 Å². The highest BCUT2D eigenvalue weighted by Gasteiger charge is 2.16. The van der Waals surface area contributed by atoms with E-state index in [-0.39, 0.29) is 5.91 Å². The molecule has 2 aromatic rings. The molecular weight excluding hydrogens is 318 g/mol. The lowest BCUT2D eigenvalue weighted by molar-refractivity contribution is -0.116. The van der Waals surface area contributed by atoms with Crippen LogP contribution >= 0.6 is 11.3 Å². The van der Waals surface area contributed by atoms with Gasteiger partial charge in [0.15, 0.2) is 0 Å². The first-order chi connectivity index (χ1) is 11.8. The molecule has 1 N–H and O–H groups in total. The molecule has 1 aliphatic rings. The van der Waals surface area contributed by atoms with Crippen LogP contribution in [0, 0.1) is 0 Å². The predicted octanol–water partition coefficient (Wildman–Crippen LogP) is 2.70. The molecule has 0 unspecified atom stereocenters. The molecule has 1 aliphatic heterocycles. The summed E-state index contributed by atoms with van der Waals surface area (Å²) in [5.74, 6) is -0.0219. The fourth-order valence-electron chi connectivity index (χ4n) is 2.81. The molecule has 1 saturated heterocycles. The third kappa shape index (κ3) is 4.94. The van der Waals surface area contributed by atoms with E-state index >= 15 is 0 Å². The first-order valence-electron chi connectivity index (χ1n) is 8.33. The fraction of sp³-hybridized carbons (Fsp3) is 0.316. The maximum Gasteiger partial charge on any atom is 0.244 e. The second-order valence-electron chi connectivity index (χ2n) is 5.80. The van der Waals surface area contributed by atoms with Crippen molar-refractivity contribution in [3.8, 4) is 0 Å². The van der Waals surface area contributed by atoms with Gasteiger partial charge in [-0.3, -0.25) is 9.69 Å². The van der Waals surface area contributed by atoms with Crippen molar-refractivity contribution in [2.45, 2.75) is 0 Å². The minimum absolute atomic E-state index is 0.0219. The number of carbonyl (C=O) groups is 1. The summed E-state index contributed by atoms with van der Waals surface area (Å²) in [7, 11) is 0. The topological polar surface area (TPSA) is 35.6 Å². The lowest BCUT2D eigenvalue weighted by Gasteiger charge is -2.36.